The molecule has 1 amide bonds. The molecule has 1 aromatic carbocycles. The van der Waals surface area contributed by atoms with E-state index in [1.807, 2.05) is 5.43 Å². The van der Waals surface area contributed by atoms with Gasteiger partial charge in [-0.15, -0.1) is 0 Å². The van der Waals surface area contributed by atoms with E-state index in [9.17, 15) is 40.7 Å². The minimum absolute atomic E-state index is 0.116. The third-order valence-electron chi connectivity index (χ3n) is 3.68. The average Bonchev–Trinajstić information content (AvgIpc) is 2.59. The molecule has 0 atom stereocenters. The fourth-order valence-electron chi connectivity index (χ4n) is 2.13. The minimum Gasteiger partial charge on any atom is -0.283 e. The first-order chi connectivity index (χ1) is 12.7. The van der Waals surface area contributed by atoms with E-state index >= 15 is 0 Å². The largest absolute Gasteiger partial charge is 0.416 e. The summed E-state index contributed by atoms with van der Waals surface area (Å²) in [6.07, 6.45) is -10.2. The van der Waals surface area contributed by atoms with Crippen LogP contribution in [-0.2, 0) is 26.4 Å². The van der Waals surface area contributed by atoms with Gasteiger partial charge in [-0.1, -0.05) is 0 Å². The molecule has 28 heavy (non-hydrogen) atoms. The molecule has 0 radical (unpaired) electrons. The van der Waals surface area contributed by atoms with Gasteiger partial charge in [0.25, 0.3) is 11.5 Å². The Morgan fingerprint density at radius 2 is 1.36 bits per heavy atom. The van der Waals surface area contributed by atoms with Crippen LogP contribution in [0.2, 0.25) is 0 Å². The van der Waals surface area contributed by atoms with Crippen LogP contribution in [0.4, 0.5) is 32.2 Å². The number of amides is 1. The van der Waals surface area contributed by atoms with Gasteiger partial charge in [-0.05, 0) is 18.2 Å². The zero-order valence-corrected chi connectivity index (χ0v) is 14.2. The molecule has 0 bridgehead atoms. The molecule has 2 aromatic rings. The number of carbonyl (C=O) groups is 1. The van der Waals surface area contributed by atoms with Gasteiger partial charge in [0.05, 0.1) is 11.1 Å². The van der Waals surface area contributed by atoms with E-state index in [4.69, 9.17) is 0 Å². The number of nitrogens with one attached hydrogen (secondary N) is 2. The standard InChI is InChI=1S/C15H12F6N4O3/c1-24-10(6-11(26)25(2)13(24)28)22-23-12(27)7-3-8(14(16,17)18)5-9(4-7)15(19,20)21/h3-6,22H,1-2H3,(H,23,27). The van der Waals surface area contributed by atoms with Gasteiger partial charge in [-0.25, -0.2) is 4.79 Å². The van der Waals surface area contributed by atoms with Gasteiger partial charge in [0, 0.05) is 25.7 Å². The molecular weight excluding hydrogens is 398 g/mol. The van der Waals surface area contributed by atoms with Crippen molar-refractivity contribution in [2.45, 2.75) is 12.4 Å². The number of halogens is 6. The summed E-state index contributed by atoms with van der Waals surface area (Å²) in [6, 6.07) is 1.27. The second kappa shape index (κ2) is 7.05. The van der Waals surface area contributed by atoms with E-state index in [-0.39, 0.29) is 24.0 Å². The molecule has 0 aliphatic carbocycles. The lowest BCUT2D eigenvalue weighted by molar-refractivity contribution is -0.143. The molecule has 152 valence electrons. The number of aromatic nitrogens is 2. The highest BCUT2D eigenvalue weighted by atomic mass is 19.4. The second-order valence-corrected chi connectivity index (χ2v) is 5.64. The Morgan fingerprint density at radius 3 is 1.82 bits per heavy atom. The molecule has 0 aliphatic heterocycles. The van der Waals surface area contributed by atoms with Crippen LogP contribution in [0.15, 0.2) is 33.9 Å². The Hall–Kier alpha value is -3.25. The maximum absolute atomic E-state index is 12.8. The zero-order valence-electron chi connectivity index (χ0n) is 14.2. The number of hydrogen-bond acceptors (Lipinski definition) is 4. The summed E-state index contributed by atoms with van der Waals surface area (Å²) in [5, 5.41) is 0. The van der Waals surface area contributed by atoms with Crippen LogP contribution in [0.25, 0.3) is 0 Å². The Morgan fingerprint density at radius 1 is 0.857 bits per heavy atom. The number of rotatable bonds is 3. The van der Waals surface area contributed by atoms with Crippen molar-refractivity contribution in [3.05, 3.63) is 61.8 Å². The predicted molar refractivity (Wildman–Crippen MR) is 84.5 cm³/mol. The first-order valence-corrected chi connectivity index (χ1v) is 7.34. The van der Waals surface area contributed by atoms with Gasteiger partial charge in [0.2, 0.25) is 0 Å². The van der Waals surface area contributed by atoms with Crippen molar-refractivity contribution in [3.8, 4) is 0 Å². The summed E-state index contributed by atoms with van der Waals surface area (Å²) >= 11 is 0. The minimum atomic E-state index is -5.11. The van der Waals surface area contributed by atoms with Crippen LogP contribution in [-0.4, -0.2) is 15.0 Å². The molecule has 0 saturated heterocycles. The monoisotopic (exact) mass is 410 g/mol. The molecule has 1 heterocycles. The first-order valence-electron chi connectivity index (χ1n) is 7.34. The summed E-state index contributed by atoms with van der Waals surface area (Å²) in [6.45, 7) is 0. The normalized spacial score (nSPS) is 12.0. The van der Waals surface area contributed by atoms with E-state index in [1.165, 1.54) is 14.1 Å². The smallest absolute Gasteiger partial charge is 0.283 e. The van der Waals surface area contributed by atoms with Crippen LogP contribution in [0.5, 0.6) is 0 Å². The summed E-state index contributed by atoms with van der Waals surface area (Å²) in [4.78, 5) is 35.4. The van der Waals surface area contributed by atoms with Crippen molar-refractivity contribution in [2.75, 3.05) is 5.43 Å². The van der Waals surface area contributed by atoms with Crippen molar-refractivity contribution in [1.29, 1.82) is 0 Å². The van der Waals surface area contributed by atoms with Crippen molar-refractivity contribution in [3.63, 3.8) is 0 Å². The van der Waals surface area contributed by atoms with Crippen LogP contribution in [0.1, 0.15) is 21.5 Å². The number of hydrazine groups is 1. The molecule has 13 heteroatoms. The van der Waals surface area contributed by atoms with Gasteiger partial charge >= 0.3 is 18.0 Å². The van der Waals surface area contributed by atoms with E-state index in [0.29, 0.717) is 0 Å². The lowest BCUT2D eigenvalue weighted by atomic mass is 10.0. The summed E-state index contributed by atoms with van der Waals surface area (Å²) in [5.41, 5.74) is -1.79. The fourth-order valence-corrected chi connectivity index (χ4v) is 2.13. The lowest BCUT2D eigenvalue weighted by Crippen LogP contribution is -2.40. The highest BCUT2D eigenvalue weighted by Gasteiger charge is 2.37. The number of carbonyl (C=O) groups excluding carboxylic acids is 1. The van der Waals surface area contributed by atoms with Crippen LogP contribution in [0.3, 0.4) is 0 Å². The van der Waals surface area contributed by atoms with Gasteiger partial charge in [-0.3, -0.25) is 29.6 Å². The Balaban J connectivity index is 2.37. The first kappa shape index (κ1) is 21.1. The third-order valence-corrected chi connectivity index (χ3v) is 3.68. The summed E-state index contributed by atoms with van der Waals surface area (Å²) < 4.78 is 78.7. The fraction of sp³-hybridized carbons (Fsp3) is 0.267. The molecule has 7 nitrogen and oxygen atoms in total. The van der Waals surface area contributed by atoms with E-state index in [0.717, 1.165) is 15.2 Å². The Kier molecular flexibility index (Phi) is 5.30. The number of nitrogens with zero attached hydrogens (tertiary/aromatic N) is 2. The Bertz CT molecular complexity index is 1000. The number of hydrogen-bond donors (Lipinski definition) is 2. The molecule has 2 rings (SSSR count). The van der Waals surface area contributed by atoms with Crippen molar-refractivity contribution in [1.82, 2.24) is 14.6 Å². The molecule has 0 fully saturated rings. The molecule has 0 spiro atoms. The quantitative estimate of drug-likeness (QED) is 0.598. The average molecular weight is 410 g/mol. The number of alkyl halides is 6. The molecule has 0 saturated carbocycles. The highest BCUT2D eigenvalue weighted by Crippen LogP contribution is 2.36. The van der Waals surface area contributed by atoms with Crippen LogP contribution < -0.4 is 22.1 Å². The van der Waals surface area contributed by atoms with Crippen molar-refractivity contribution in [2.24, 2.45) is 14.1 Å². The van der Waals surface area contributed by atoms with Crippen molar-refractivity contribution >= 4 is 11.7 Å². The van der Waals surface area contributed by atoms with E-state index in [2.05, 4.69) is 5.43 Å². The number of benzene rings is 1. The van der Waals surface area contributed by atoms with Crippen molar-refractivity contribution < 1.29 is 31.1 Å². The number of anilines is 1. The van der Waals surface area contributed by atoms with Gasteiger partial charge in [0.15, 0.2) is 0 Å². The van der Waals surface area contributed by atoms with Crippen LogP contribution >= 0.6 is 0 Å². The highest BCUT2D eigenvalue weighted by molar-refractivity contribution is 5.95. The summed E-state index contributed by atoms with van der Waals surface area (Å²) in [5.74, 6) is -1.57. The molecule has 0 aliphatic rings. The molecule has 0 unspecified atom stereocenters. The molecule has 2 N–H and O–H groups in total. The predicted octanol–water partition coefficient (Wildman–Crippen LogP) is 1.88. The van der Waals surface area contributed by atoms with Gasteiger partial charge < -0.3 is 0 Å². The van der Waals surface area contributed by atoms with Gasteiger partial charge in [0.1, 0.15) is 5.82 Å². The van der Waals surface area contributed by atoms with Gasteiger partial charge in [-0.2, -0.15) is 26.3 Å². The van der Waals surface area contributed by atoms with E-state index in [1.54, 1.807) is 0 Å². The Labute approximate surface area is 152 Å². The SMILES string of the molecule is Cn1c(NNC(=O)c2cc(C(F)(F)F)cc(C(F)(F)F)c2)cc(=O)n(C)c1=O. The molecule has 1 aromatic heterocycles. The van der Waals surface area contributed by atoms with Crippen LogP contribution in [0, 0.1) is 0 Å². The zero-order chi connectivity index (χ0) is 21.4. The topological polar surface area (TPSA) is 85.1 Å². The second-order valence-electron chi connectivity index (χ2n) is 5.64. The van der Waals surface area contributed by atoms with E-state index < -0.39 is 46.2 Å². The maximum Gasteiger partial charge on any atom is 0.416 e. The lowest BCUT2D eigenvalue weighted by Gasteiger charge is -2.15. The third kappa shape index (κ3) is 4.35. The summed E-state index contributed by atoms with van der Waals surface area (Å²) in [7, 11) is 2.41. The maximum atomic E-state index is 12.8. The molecular formula is C15H12F6N4O3.